The van der Waals surface area contributed by atoms with Crippen molar-refractivity contribution in [2.45, 2.75) is 91.3 Å². The van der Waals surface area contributed by atoms with Gasteiger partial charge in [0.25, 0.3) is 0 Å². The lowest BCUT2D eigenvalue weighted by Crippen LogP contribution is -2.48. The molecule has 0 aliphatic heterocycles. The Balaban J connectivity index is 4.61. The lowest BCUT2D eigenvalue weighted by atomic mass is 9.93. The molecule has 0 fully saturated rings. The minimum atomic E-state index is -1.77. The van der Waals surface area contributed by atoms with Crippen molar-refractivity contribution in [3.05, 3.63) is 12.7 Å². The van der Waals surface area contributed by atoms with E-state index in [2.05, 4.69) is 62.0 Å². The van der Waals surface area contributed by atoms with Crippen LogP contribution in [0.4, 0.5) is 0 Å². The summed E-state index contributed by atoms with van der Waals surface area (Å²) >= 11 is 0. The molecule has 2 nitrogen and oxygen atoms in total. The Morgan fingerprint density at radius 1 is 1.00 bits per heavy atom. The minimum absolute atomic E-state index is 0.00535. The standard InChI is InChI=1S/C20H40O2Si/c1-10-19(20(21)14-15(2)3)12-11-13-22-23(16(4)5,17(6)7)18(8)9/h10,15-19H,1,11-14H2,2-9H3. The lowest BCUT2D eigenvalue weighted by molar-refractivity contribution is -0.122. The van der Waals surface area contributed by atoms with Gasteiger partial charge in [-0.3, -0.25) is 4.79 Å². The zero-order chi connectivity index (χ0) is 18.2. The Bertz CT molecular complexity index is 337. The molecule has 0 aliphatic carbocycles. The third-order valence-corrected chi connectivity index (χ3v) is 11.1. The second-order valence-corrected chi connectivity index (χ2v) is 13.7. The summed E-state index contributed by atoms with van der Waals surface area (Å²) in [4.78, 5) is 12.2. The molecule has 23 heavy (non-hydrogen) atoms. The van der Waals surface area contributed by atoms with Crippen LogP contribution in [0.25, 0.3) is 0 Å². The van der Waals surface area contributed by atoms with Crippen LogP contribution in [0.3, 0.4) is 0 Å². The van der Waals surface area contributed by atoms with E-state index in [9.17, 15) is 4.79 Å². The molecule has 3 heteroatoms. The number of ketones is 1. The second kappa shape index (κ2) is 10.5. The summed E-state index contributed by atoms with van der Waals surface area (Å²) in [5.74, 6) is 0.744. The first kappa shape index (κ1) is 22.6. The summed E-state index contributed by atoms with van der Waals surface area (Å²) in [6.07, 6.45) is 4.29. The molecule has 0 aliphatic rings. The largest absolute Gasteiger partial charge is 0.416 e. The summed E-state index contributed by atoms with van der Waals surface area (Å²) in [6, 6.07) is 0. The average molecular weight is 341 g/mol. The molecule has 0 saturated heterocycles. The fourth-order valence-corrected chi connectivity index (χ4v) is 9.51. The van der Waals surface area contributed by atoms with Gasteiger partial charge in [-0.05, 0) is 35.4 Å². The molecule has 1 unspecified atom stereocenters. The summed E-state index contributed by atoms with van der Waals surface area (Å²) in [5.41, 5.74) is 1.83. The molecular weight excluding hydrogens is 300 g/mol. The molecule has 0 aromatic heterocycles. The number of rotatable bonds is 12. The van der Waals surface area contributed by atoms with E-state index < -0.39 is 8.32 Å². The second-order valence-electron chi connectivity index (χ2n) is 8.21. The van der Waals surface area contributed by atoms with Crippen LogP contribution in [0.15, 0.2) is 12.7 Å². The molecule has 1 atom stereocenters. The van der Waals surface area contributed by atoms with Crippen LogP contribution >= 0.6 is 0 Å². The van der Waals surface area contributed by atoms with Crippen molar-refractivity contribution in [2.24, 2.45) is 11.8 Å². The van der Waals surface area contributed by atoms with Gasteiger partial charge in [0.15, 0.2) is 8.32 Å². The Hall–Kier alpha value is -0.413. The molecule has 0 spiro atoms. The minimum Gasteiger partial charge on any atom is -0.416 e. The molecule has 0 saturated carbocycles. The van der Waals surface area contributed by atoms with E-state index in [4.69, 9.17) is 4.43 Å². The molecular formula is C20H40O2Si. The van der Waals surface area contributed by atoms with Crippen molar-refractivity contribution in [3.63, 3.8) is 0 Å². The fourth-order valence-electron chi connectivity index (χ4n) is 4.02. The van der Waals surface area contributed by atoms with Crippen LogP contribution in [-0.2, 0) is 9.22 Å². The SMILES string of the molecule is C=CC(CCCO[Si](C(C)C)(C(C)C)C(C)C)C(=O)CC(C)C. The first-order chi connectivity index (χ1) is 10.6. The fraction of sp³-hybridized carbons (Fsp3) is 0.850. The zero-order valence-electron chi connectivity index (χ0n) is 16.8. The summed E-state index contributed by atoms with van der Waals surface area (Å²) < 4.78 is 6.56. The summed E-state index contributed by atoms with van der Waals surface area (Å²) in [7, 11) is -1.77. The quantitative estimate of drug-likeness (QED) is 0.234. The molecule has 0 heterocycles. The first-order valence-electron chi connectivity index (χ1n) is 9.38. The summed E-state index contributed by atoms with van der Waals surface area (Å²) in [5, 5.41) is 0. The van der Waals surface area contributed by atoms with E-state index in [1.165, 1.54) is 0 Å². The first-order valence-corrected chi connectivity index (χ1v) is 11.5. The zero-order valence-corrected chi connectivity index (χ0v) is 17.8. The normalized spacial score (nSPS) is 14.1. The highest BCUT2D eigenvalue weighted by Crippen LogP contribution is 2.42. The van der Waals surface area contributed by atoms with Crippen LogP contribution in [-0.4, -0.2) is 20.7 Å². The maximum absolute atomic E-state index is 12.2. The monoisotopic (exact) mass is 340 g/mol. The summed E-state index contributed by atoms with van der Waals surface area (Å²) in [6.45, 7) is 22.7. The highest BCUT2D eigenvalue weighted by atomic mass is 28.4. The Kier molecular flexibility index (Phi) is 10.3. The molecule has 0 amide bonds. The van der Waals surface area contributed by atoms with Gasteiger partial charge in [0.1, 0.15) is 5.78 Å². The third kappa shape index (κ3) is 6.54. The van der Waals surface area contributed by atoms with Crippen LogP contribution in [0.5, 0.6) is 0 Å². The van der Waals surface area contributed by atoms with Crippen LogP contribution in [0.2, 0.25) is 16.6 Å². The molecule has 0 aromatic rings. The van der Waals surface area contributed by atoms with Gasteiger partial charge in [-0.2, -0.15) is 0 Å². The lowest BCUT2D eigenvalue weighted by Gasteiger charge is -2.42. The van der Waals surface area contributed by atoms with Crippen molar-refractivity contribution in [3.8, 4) is 0 Å². The number of carbonyl (C=O) groups is 1. The van der Waals surface area contributed by atoms with Gasteiger partial charge >= 0.3 is 0 Å². The highest BCUT2D eigenvalue weighted by molar-refractivity contribution is 6.77. The van der Waals surface area contributed by atoms with Crippen molar-refractivity contribution < 1.29 is 9.22 Å². The molecule has 0 radical (unpaired) electrons. The van der Waals surface area contributed by atoms with E-state index >= 15 is 0 Å². The van der Waals surface area contributed by atoms with E-state index in [0.717, 1.165) is 19.4 Å². The number of hydrogen-bond acceptors (Lipinski definition) is 2. The highest BCUT2D eigenvalue weighted by Gasteiger charge is 2.44. The smallest absolute Gasteiger partial charge is 0.200 e. The van der Waals surface area contributed by atoms with Gasteiger partial charge in [0, 0.05) is 18.9 Å². The van der Waals surface area contributed by atoms with E-state index in [0.29, 0.717) is 34.7 Å². The van der Waals surface area contributed by atoms with Crippen molar-refractivity contribution in [1.29, 1.82) is 0 Å². The maximum atomic E-state index is 12.2. The van der Waals surface area contributed by atoms with E-state index in [1.807, 2.05) is 6.08 Å². The van der Waals surface area contributed by atoms with Gasteiger partial charge in [0.2, 0.25) is 0 Å². The third-order valence-electron chi connectivity index (χ3n) is 5.03. The van der Waals surface area contributed by atoms with Gasteiger partial charge in [-0.15, -0.1) is 6.58 Å². The Morgan fingerprint density at radius 3 is 1.83 bits per heavy atom. The van der Waals surface area contributed by atoms with Crippen LogP contribution < -0.4 is 0 Å². The molecule has 0 N–H and O–H groups in total. The maximum Gasteiger partial charge on any atom is 0.200 e. The topological polar surface area (TPSA) is 26.3 Å². The number of carbonyl (C=O) groups excluding carboxylic acids is 1. The van der Waals surface area contributed by atoms with Crippen molar-refractivity contribution >= 4 is 14.1 Å². The van der Waals surface area contributed by atoms with Crippen LogP contribution in [0, 0.1) is 11.8 Å². The Labute approximate surface area is 146 Å². The molecule has 0 rings (SSSR count). The number of hydrogen-bond donors (Lipinski definition) is 0. The van der Waals surface area contributed by atoms with Gasteiger partial charge < -0.3 is 4.43 Å². The van der Waals surface area contributed by atoms with Gasteiger partial charge in [0.05, 0.1) is 0 Å². The molecule has 0 bridgehead atoms. The average Bonchev–Trinajstić information content (AvgIpc) is 2.40. The van der Waals surface area contributed by atoms with E-state index in [1.54, 1.807) is 0 Å². The molecule has 0 aromatic carbocycles. The number of allylic oxidation sites excluding steroid dienone is 1. The Morgan fingerprint density at radius 2 is 1.48 bits per heavy atom. The predicted octanol–water partition coefficient (Wildman–Crippen LogP) is 6.38. The van der Waals surface area contributed by atoms with E-state index in [-0.39, 0.29) is 5.92 Å². The van der Waals surface area contributed by atoms with Gasteiger partial charge in [-0.25, -0.2) is 0 Å². The number of Topliss-reactive ketones (excluding diaryl/α,β-unsaturated/α-hetero) is 1. The molecule has 136 valence electrons. The van der Waals surface area contributed by atoms with Crippen molar-refractivity contribution in [2.75, 3.05) is 6.61 Å². The van der Waals surface area contributed by atoms with Crippen LogP contribution in [0.1, 0.15) is 74.7 Å². The van der Waals surface area contributed by atoms with Gasteiger partial charge in [-0.1, -0.05) is 61.5 Å². The predicted molar refractivity (Wildman–Crippen MR) is 104 cm³/mol. The van der Waals surface area contributed by atoms with Crippen molar-refractivity contribution in [1.82, 2.24) is 0 Å².